The van der Waals surface area contributed by atoms with Crippen LogP contribution in [0.5, 0.6) is 0 Å². The predicted molar refractivity (Wildman–Crippen MR) is 136 cm³/mol. The van der Waals surface area contributed by atoms with Gasteiger partial charge < -0.3 is 0 Å². The molecule has 147 valence electrons. The van der Waals surface area contributed by atoms with Crippen LogP contribution in [-0.2, 0) is 0 Å². The van der Waals surface area contributed by atoms with Gasteiger partial charge in [0.15, 0.2) is 0 Å². The fraction of sp³-hybridized carbons (Fsp3) is 0.214. The van der Waals surface area contributed by atoms with Crippen molar-refractivity contribution >= 4 is 46.9 Å². The summed E-state index contributed by atoms with van der Waals surface area (Å²) in [6.45, 7) is 2.39. The molecule has 0 bridgehead atoms. The summed E-state index contributed by atoms with van der Waals surface area (Å²) in [7, 11) is 5.44. The summed E-state index contributed by atoms with van der Waals surface area (Å²) >= 11 is 0. The number of hydrogen-bond acceptors (Lipinski definition) is 0. The largest absolute Gasteiger partial charge is 0.292 e. The summed E-state index contributed by atoms with van der Waals surface area (Å²) in [6.07, 6.45) is 9.35. The second-order valence-electron chi connectivity index (χ2n) is 9.00. The van der Waals surface area contributed by atoms with Crippen molar-refractivity contribution in [1.82, 2.24) is 0 Å². The van der Waals surface area contributed by atoms with Crippen LogP contribution in [0.4, 0.5) is 0 Å². The molecule has 0 nitrogen and oxygen atoms in total. The van der Waals surface area contributed by atoms with E-state index in [0.717, 1.165) is 12.6 Å². The molecule has 1 aliphatic rings. The molecule has 0 saturated heterocycles. The molecule has 0 unspecified atom stereocenters. The molecule has 0 N–H and O–H groups in total. The summed E-state index contributed by atoms with van der Waals surface area (Å²) in [5, 5.41) is 7.72. The summed E-state index contributed by atoms with van der Waals surface area (Å²) in [4.78, 5) is 0. The fourth-order valence-electron chi connectivity index (χ4n) is 4.76. The zero-order valence-corrected chi connectivity index (χ0v) is 18.5. The van der Waals surface area contributed by atoms with E-state index in [4.69, 9.17) is 7.57 Å². The van der Waals surface area contributed by atoms with Crippen molar-refractivity contribution in [3.05, 3.63) is 97.1 Å². The minimum absolute atomic E-state index is 0.276. The Morgan fingerprint density at radius 1 is 0.767 bits per heavy atom. The van der Waals surface area contributed by atoms with Crippen LogP contribution in [-0.4, -0.2) is 13.7 Å². The molecule has 1 atom stereocenters. The lowest BCUT2D eigenvalue weighted by Crippen LogP contribution is -2.27. The van der Waals surface area contributed by atoms with Crippen molar-refractivity contribution in [2.45, 2.75) is 26.2 Å². The van der Waals surface area contributed by atoms with E-state index in [-0.39, 0.29) is 5.41 Å². The highest BCUT2D eigenvalue weighted by atomic mass is 31.2. The number of rotatable bonds is 5. The van der Waals surface area contributed by atoms with Gasteiger partial charge in [-0.3, -0.25) is 7.57 Å². The predicted octanol–water partition coefficient (Wildman–Crippen LogP) is 6.79. The molecule has 30 heavy (non-hydrogen) atoms. The molecule has 0 saturated carbocycles. The lowest BCUT2D eigenvalue weighted by Gasteiger charge is -2.39. The average Bonchev–Trinajstić information content (AvgIpc) is 3.23. The highest BCUT2D eigenvalue weighted by Gasteiger charge is 2.31. The molecule has 0 spiro atoms. The van der Waals surface area contributed by atoms with Gasteiger partial charge in [-0.1, -0.05) is 79.7 Å². The number of benzene rings is 4. The van der Waals surface area contributed by atoms with Gasteiger partial charge in [0, 0.05) is 16.8 Å². The molecule has 5 rings (SSSR count). The zero-order chi connectivity index (χ0) is 20.6. The van der Waals surface area contributed by atoms with Crippen molar-refractivity contribution in [2.24, 2.45) is 5.41 Å². The van der Waals surface area contributed by atoms with E-state index in [0.29, 0.717) is 0 Å². The van der Waals surface area contributed by atoms with Crippen molar-refractivity contribution in [3.63, 3.8) is 0 Å². The monoisotopic (exact) mass is 405 g/mol. The highest BCUT2D eigenvalue weighted by molar-refractivity contribution is 8.08. The van der Waals surface area contributed by atoms with E-state index >= 15 is 0 Å². The Bertz CT molecular complexity index is 1160. The third kappa shape index (κ3) is 3.61. The van der Waals surface area contributed by atoms with Gasteiger partial charge in [0.2, 0.25) is 0 Å². The normalized spacial score (nSPS) is 19.0. The second kappa shape index (κ2) is 7.71. The second-order valence-corrected chi connectivity index (χ2v) is 12.2. The van der Waals surface area contributed by atoms with Gasteiger partial charge in [0.05, 0.1) is 0 Å². The summed E-state index contributed by atoms with van der Waals surface area (Å²) in [5.74, 6) is 0. The van der Waals surface area contributed by atoms with Gasteiger partial charge in [-0.25, -0.2) is 0 Å². The molecule has 0 aliphatic heterocycles. The molecule has 0 heterocycles. The van der Waals surface area contributed by atoms with Crippen LogP contribution < -0.4 is 10.6 Å². The van der Waals surface area contributed by atoms with Crippen LogP contribution in [0.1, 0.15) is 26.2 Å². The van der Waals surface area contributed by atoms with Gasteiger partial charge >= 0.3 is 0 Å². The molecule has 1 aliphatic carbocycles. The quantitative estimate of drug-likeness (QED) is 0.195. The topological polar surface area (TPSA) is 0 Å². The van der Waals surface area contributed by atoms with E-state index < -0.39 is 7.14 Å². The molecule has 0 fully saturated rings. The van der Waals surface area contributed by atoms with Crippen LogP contribution in [0, 0.1) is 5.41 Å². The van der Waals surface area contributed by atoms with Crippen molar-refractivity contribution in [3.8, 4) is 0 Å². The van der Waals surface area contributed by atoms with Gasteiger partial charge in [-0.05, 0) is 70.5 Å². The standard InChI is InChI=1S/C28H27BP/c1-28(16-6-7-17-28)18-19-30(29,26-14-12-22-8-2-4-10-24(22)20-26)27-15-13-23-9-3-5-11-25(23)21-27/h2-6,8-16,20-21H,7,17-19H2,1H3/t28-/m0/s1. The minimum Gasteiger partial charge on any atom is -0.292 e. The van der Waals surface area contributed by atoms with Crippen LogP contribution in [0.25, 0.3) is 21.5 Å². The zero-order valence-electron chi connectivity index (χ0n) is 17.6. The van der Waals surface area contributed by atoms with Crippen LogP contribution >= 0.6 is 7.14 Å². The van der Waals surface area contributed by atoms with E-state index in [1.165, 1.54) is 45.0 Å². The molecule has 0 aromatic heterocycles. The van der Waals surface area contributed by atoms with Crippen LogP contribution in [0.15, 0.2) is 97.1 Å². The van der Waals surface area contributed by atoms with Crippen molar-refractivity contribution in [1.29, 1.82) is 0 Å². The first kappa shape index (κ1) is 19.6. The van der Waals surface area contributed by atoms with Gasteiger partial charge in [0.1, 0.15) is 0 Å². The lowest BCUT2D eigenvalue weighted by atomic mass is 9.87. The number of allylic oxidation sites excluding steroid dienone is 2. The SMILES string of the molecule is [B-][P+](CC[C@@]1(C)C=CCC1)(c1ccc2ccccc2c1)c1ccc2ccccc2c1. The summed E-state index contributed by atoms with van der Waals surface area (Å²) in [5.41, 5.74) is 0.276. The Morgan fingerprint density at radius 3 is 1.80 bits per heavy atom. The van der Waals surface area contributed by atoms with Gasteiger partial charge in [0.25, 0.3) is 0 Å². The van der Waals surface area contributed by atoms with Crippen LogP contribution in [0.3, 0.4) is 0 Å². The van der Waals surface area contributed by atoms with Gasteiger partial charge in [-0.2, -0.15) is 7.14 Å². The highest BCUT2D eigenvalue weighted by Crippen LogP contribution is 2.55. The Hall–Kier alpha value is -2.37. The first-order valence-electron chi connectivity index (χ1n) is 10.9. The van der Waals surface area contributed by atoms with Crippen LogP contribution in [0.2, 0.25) is 0 Å². The van der Waals surface area contributed by atoms with E-state index in [1.807, 2.05) is 0 Å². The van der Waals surface area contributed by atoms with Crippen molar-refractivity contribution in [2.75, 3.05) is 6.16 Å². The maximum atomic E-state index is 7.45. The summed E-state index contributed by atoms with van der Waals surface area (Å²) < 4.78 is 0. The fourth-order valence-corrected chi connectivity index (χ4v) is 7.86. The van der Waals surface area contributed by atoms with E-state index in [9.17, 15) is 0 Å². The Kier molecular flexibility index (Phi) is 5.04. The molecule has 4 aromatic rings. The molecule has 4 aromatic carbocycles. The Morgan fingerprint density at radius 2 is 1.30 bits per heavy atom. The number of fused-ring (bicyclic) bond motifs is 2. The first-order valence-corrected chi connectivity index (χ1v) is 12.9. The van der Waals surface area contributed by atoms with E-state index in [1.54, 1.807) is 0 Å². The molecule has 2 heteroatoms. The molecular weight excluding hydrogens is 378 g/mol. The molecule has 3 radical (unpaired) electrons. The Balaban J connectivity index is 1.62. The maximum absolute atomic E-state index is 7.45. The number of hydrogen-bond donors (Lipinski definition) is 0. The third-order valence-corrected chi connectivity index (χ3v) is 10.2. The third-order valence-electron chi connectivity index (χ3n) is 6.83. The summed E-state index contributed by atoms with van der Waals surface area (Å²) in [6, 6.07) is 30.9. The first-order chi connectivity index (χ1) is 14.6. The molecule has 0 amide bonds. The smallest absolute Gasteiger partial charge is 0.0473 e. The molecular formula is C28H27BP. The van der Waals surface area contributed by atoms with E-state index in [2.05, 4.69) is 104 Å². The van der Waals surface area contributed by atoms with Crippen molar-refractivity contribution < 1.29 is 0 Å². The Labute approximate surface area is 181 Å². The van der Waals surface area contributed by atoms with Gasteiger partial charge in [-0.15, -0.1) is 0 Å². The lowest BCUT2D eigenvalue weighted by molar-refractivity contribution is 0.406. The maximum Gasteiger partial charge on any atom is 0.0473 e. The minimum atomic E-state index is -2.01. The average molecular weight is 405 g/mol.